The van der Waals surface area contributed by atoms with E-state index >= 15 is 0 Å². The summed E-state index contributed by atoms with van der Waals surface area (Å²) in [6.45, 7) is 1.73. The fourth-order valence-corrected chi connectivity index (χ4v) is 1.68. The number of hydrogen-bond acceptors (Lipinski definition) is 3. The third kappa shape index (κ3) is 2.97. The van der Waals surface area contributed by atoms with Crippen molar-refractivity contribution in [3.63, 3.8) is 0 Å². The number of carboxylic acid groups (broad SMARTS) is 1. The molecule has 0 saturated carbocycles. The van der Waals surface area contributed by atoms with E-state index in [9.17, 15) is 14.0 Å². The van der Waals surface area contributed by atoms with Crippen LogP contribution in [0.3, 0.4) is 0 Å². The highest BCUT2D eigenvalue weighted by Gasteiger charge is 2.14. The lowest BCUT2D eigenvalue weighted by molar-refractivity contribution is 0.0697. The van der Waals surface area contributed by atoms with Gasteiger partial charge in [-0.2, -0.15) is 0 Å². The minimum Gasteiger partial charge on any atom is -0.478 e. The predicted octanol–water partition coefficient (Wildman–Crippen LogP) is 2.48. The van der Waals surface area contributed by atoms with Gasteiger partial charge in [0.2, 0.25) is 0 Å². The molecule has 0 aliphatic heterocycles. The van der Waals surface area contributed by atoms with Crippen molar-refractivity contribution in [2.45, 2.75) is 6.92 Å². The Morgan fingerprint density at radius 2 is 2.00 bits per heavy atom. The van der Waals surface area contributed by atoms with Gasteiger partial charge in [0, 0.05) is 17.5 Å². The second-order valence-electron chi connectivity index (χ2n) is 4.14. The van der Waals surface area contributed by atoms with Crippen LogP contribution in [0.1, 0.15) is 26.4 Å². The fourth-order valence-electron chi connectivity index (χ4n) is 1.68. The maximum absolute atomic E-state index is 13.0. The molecule has 1 aromatic heterocycles. The Morgan fingerprint density at radius 3 is 2.65 bits per heavy atom. The normalized spacial score (nSPS) is 10.1. The Bertz CT molecular complexity index is 686. The molecule has 0 bridgehead atoms. The summed E-state index contributed by atoms with van der Waals surface area (Å²) in [6, 6.07) is 6.23. The van der Waals surface area contributed by atoms with Crippen LogP contribution >= 0.6 is 0 Å². The zero-order valence-corrected chi connectivity index (χ0v) is 10.6. The van der Waals surface area contributed by atoms with Gasteiger partial charge >= 0.3 is 5.97 Å². The zero-order valence-electron chi connectivity index (χ0n) is 10.6. The van der Waals surface area contributed by atoms with E-state index in [2.05, 4.69) is 10.3 Å². The lowest BCUT2D eigenvalue weighted by Crippen LogP contribution is -2.15. The summed E-state index contributed by atoms with van der Waals surface area (Å²) in [6.07, 6.45) is 1.48. The number of anilines is 1. The quantitative estimate of drug-likeness (QED) is 0.901. The Labute approximate surface area is 114 Å². The van der Waals surface area contributed by atoms with Gasteiger partial charge in [-0.1, -0.05) is 0 Å². The van der Waals surface area contributed by atoms with Crippen LogP contribution in [-0.4, -0.2) is 22.0 Å². The van der Waals surface area contributed by atoms with Gasteiger partial charge < -0.3 is 10.4 Å². The van der Waals surface area contributed by atoms with Crippen LogP contribution in [0, 0.1) is 12.7 Å². The first-order valence-electron chi connectivity index (χ1n) is 5.74. The molecule has 1 heterocycles. The second kappa shape index (κ2) is 5.48. The van der Waals surface area contributed by atoms with Crippen molar-refractivity contribution >= 4 is 17.6 Å². The van der Waals surface area contributed by atoms with Crippen LogP contribution in [-0.2, 0) is 0 Å². The molecule has 0 unspecified atom stereocenters. The highest BCUT2D eigenvalue weighted by atomic mass is 19.1. The molecule has 0 saturated heterocycles. The minimum absolute atomic E-state index is 0.0402. The molecule has 0 fully saturated rings. The molecule has 0 aliphatic carbocycles. The molecule has 2 aromatic rings. The SMILES string of the molecule is Cc1cc(C(=O)Nc2ccc(F)cc2C(=O)O)ccn1. The van der Waals surface area contributed by atoms with Crippen molar-refractivity contribution in [1.29, 1.82) is 0 Å². The van der Waals surface area contributed by atoms with E-state index in [0.29, 0.717) is 11.3 Å². The van der Waals surface area contributed by atoms with E-state index in [0.717, 1.165) is 12.1 Å². The van der Waals surface area contributed by atoms with Gasteiger partial charge in [-0.3, -0.25) is 9.78 Å². The molecule has 2 rings (SSSR count). The smallest absolute Gasteiger partial charge is 0.337 e. The Balaban J connectivity index is 2.30. The standard InChI is InChI=1S/C14H11FN2O3/c1-8-6-9(4-5-16-8)13(18)17-12-3-2-10(15)7-11(12)14(19)20/h2-7H,1H3,(H,17,18)(H,19,20). The molecule has 102 valence electrons. The number of nitrogens with zero attached hydrogens (tertiary/aromatic N) is 1. The highest BCUT2D eigenvalue weighted by Crippen LogP contribution is 2.18. The Hall–Kier alpha value is -2.76. The third-order valence-electron chi connectivity index (χ3n) is 2.62. The van der Waals surface area contributed by atoms with E-state index in [1.165, 1.54) is 18.3 Å². The number of amides is 1. The first-order valence-corrected chi connectivity index (χ1v) is 5.74. The number of aromatic carboxylic acids is 1. The van der Waals surface area contributed by atoms with Crippen molar-refractivity contribution in [2.24, 2.45) is 0 Å². The van der Waals surface area contributed by atoms with Crippen LogP contribution in [0.2, 0.25) is 0 Å². The summed E-state index contributed by atoms with van der Waals surface area (Å²) in [5.74, 6) is -2.48. The molecule has 1 aromatic carbocycles. The van der Waals surface area contributed by atoms with Gasteiger partial charge in [-0.25, -0.2) is 9.18 Å². The Kier molecular flexibility index (Phi) is 3.74. The van der Waals surface area contributed by atoms with E-state index in [-0.39, 0.29) is 11.3 Å². The van der Waals surface area contributed by atoms with Crippen molar-refractivity contribution in [3.05, 3.63) is 59.2 Å². The van der Waals surface area contributed by atoms with Gasteiger partial charge in [-0.15, -0.1) is 0 Å². The summed E-state index contributed by atoms with van der Waals surface area (Å²) in [4.78, 5) is 27.0. The van der Waals surface area contributed by atoms with Gasteiger partial charge in [0.25, 0.3) is 5.91 Å². The molecule has 2 N–H and O–H groups in total. The molecule has 20 heavy (non-hydrogen) atoms. The van der Waals surface area contributed by atoms with Gasteiger partial charge in [0.1, 0.15) is 5.82 Å². The molecular formula is C14H11FN2O3. The van der Waals surface area contributed by atoms with Gasteiger partial charge in [-0.05, 0) is 37.3 Å². The van der Waals surface area contributed by atoms with Crippen LogP contribution in [0.15, 0.2) is 36.5 Å². The third-order valence-corrected chi connectivity index (χ3v) is 2.62. The van der Waals surface area contributed by atoms with Crippen molar-refractivity contribution < 1.29 is 19.1 Å². The first kappa shape index (κ1) is 13.7. The molecule has 0 atom stereocenters. The summed E-state index contributed by atoms with van der Waals surface area (Å²) in [5.41, 5.74) is 0.746. The number of carboxylic acids is 1. The second-order valence-corrected chi connectivity index (χ2v) is 4.14. The monoisotopic (exact) mass is 274 g/mol. The summed E-state index contributed by atoms with van der Waals surface area (Å²) >= 11 is 0. The summed E-state index contributed by atoms with van der Waals surface area (Å²) in [7, 11) is 0. The van der Waals surface area contributed by atoms with Crippen LogP contribution in [0.25, 0.3) is 0 Å². The highest BCUT2D eigenvalue weighted by molar-refractivity contribution is 6.07. The zero-order chi connectivity index (χ0) is 14.7. The molecule has 0 radical (unpaired) electrons. The summed E-state index contributed by atoms with van der Waals surface area (Å²) in [5, 5.41) is 11.4. The lowest BCUT2D eigenvalue weighted by atomic mass is 10.1. The number of nitrogens with one attached hydrogen (secondary N) is 1. The van der Waals surface area contributed by atoms with Gasteiger partial charge in [0.05, 0.1) is 11.3 Å². The molecule has 5 nitrogen and oxygen atoms in total. The summed E-state index contributed by atoms with van der Waals surface area (Å²) < 4.78 is 13.0. The predicted molar refractivity (Wildman–Crippen MR) is 70.3 cm³/mol. The number of rotatable bonds is 3. The van der Waals surface area contributed by atoms with E-state index in [1.54, 1.807) is 13.0 Å². The number of pyridine rings is 1. The molecule has 6 heteroatoms. The fraction of sp³-hybridized carbons (Fsp3) is 0.0714. The molecular weight excluding hydrogens is 263 g/mol. The maximum atomic E-state index is 13.0. The Morgan fingerprint density at radius 1 is 1.25 bits per heavy atom. The molecule has 1 amide bonds. The lowest BCUT2D eigenvalue weighted by Gasteiger charge is -2.08. The van der Waals surface area contributed by atoms with Crippen molar-refractivity contribution in [2.75, 3.05) is 5.32 Å². The van der Waals surface area contributed by atoms with Crippen molar-refractivity contribution in [3.8, 4) is 0 Å². The van der Waals surface area contributed by atoms with E-state index in [1.807, 2.05) is 0 Å². The van der Waals surface area contributed by atoms with Crippen molar-refractivity contribution in [1.82, 2.24) is 4.98 Å². The number of benzene rings is 1. The van der Waals surface area contributed by atoms with E-state index < -0.39 is 17.7 Å². The first-order chi connectivity index (χ1) is 9.47. The van der Waals surface area contributed by atoms with Crippen LogP contribution in [0.4, 0.5) is 10.1 Å². The average Bonchev–Trinajstić information content (AvgIpc) is 2.40. The van der Waals surface area contributed by atoms with Gasteiger partial charge in [0.15, 0.2) is 0 Å². The number of aryl methyl sites for hydroxylation is 1. The largest absolute Gasteiger partial charge is 0.478 e. The van der Waals surface area contributed by atoms with E-state index in [4.69, 9.17) is 5.11 Å². The molecule has 0 aliphatic rings. The number of hydrogen-bond donors (Lipinski definition) is 2. The average molecular weight is 274 g/mol. The number of halogens is 1. The molecule has 0 spiro atoms. The van der Waals surface area contributed by atoms with Crippen LogP contribution in [0.5, 0.6) is 0 Å². The minimum atomic E-state index is -1.31. The number of carbonyl (C=O) groups is 2. The topological polar surface area (TPSA) is 79.3 Å². The number of carbonyl (C=O) groups excluding carboxylic acids is 1. The number of aromatic nitrogens is 1. The van der Waals surface area contributed by atoms with Crippen LogP contribution < -0.4 is 5.32 Å². The maximum Gasteiger partial charge on any atom is 0.337 e.